The molecule has 1 N–H and O–H groups in total. The van der Waals surface area contributed by atoms with Gasteiger partial charge in [0.05, 0.1) is 7.11 Å². The van der Waals surface area contributed by atoms with Crippen LogP contribution in [0.4, 0.5) is 0 Å². The number of methoxy groups -OCH3 is 1. The molecule has 0 aromatic heterocycles. The maximum Gasteiger partial charge on any atom is 0.243 e. The van der Waals surface area contributed by atoms with Crippen LogP contribution in [0.25, 0.3) is 0 Å². The van der Waals surface area contributed by atoms with E-state index >= 15 is 0 Å². The van der Waals surface area contributed by atoms with Crippen molar-refractivity contribution in [3.05, 3.63) is 101 Å². The van der Waals surface area contributed by atoms with Crippen LogP contribution in [0, 0.1) is 0 Å². The first kappa shape index (κ1) is 24.3. The molecule has 0 unspecified atom stereocenters. The number of rotatable bonds is 10. The van der Waals surface area contributed by atoms with Crippen LogP contribution in [0.1, 0.15) is 23.6 Å². The fourth-order valence-corrected chi connectivity index (χ4v) is 3.78. The predicted molar refractivity (Wildman–Crippen MR) is 131 cm³/mol. The summed E-state index contributed by atoms with van der Waals surface area (Å²) in [6.45, 7) is 2.30. The van der Waals surface area contributed by atoms with Crippen LogP contribution < -0.4 is 10.1 Å². The molecule has 33 heavy (non-hydrogen) atoms. The fourth-order valence-electron chi connectivity index (χ4n) is 3.65. The van der Waals surface area contributed by atoms with Crippen LogP contribution in [0.3, 0.4) is 0 Å². The Hall–Kier alpha value is -3.31. The van der Waals surface area contributed by atoms with Gasteiger partial charge in [0, 0.05) is 31.5 Å². The minimum Gasteiger partial charge on any atom is -0.497 e. The Morgan fingerprint density at radius 1 is 0.909 bits per heavy atom. The van der Waals surface area contributed by atoms with Crippen LogP contribution >= 0.6 is 11.6 Å². The summed E-state index contributed by atoms with van der Waals surface area (Å²) in [7, 11) is 1.63. The van der Waals surface area contributed by atoms with Crippen molar-refractivity contribution in [2.45, 2.75) is 32.4 Å². The lowest BCUT2D eigenvalue weighted by molar-refractivity contribution is -0.139. The molecule has 0 aliphatic carbocycles. The Balaban J connectivity index is 1.73. The number of nitrogens with zero attached hydrogens (tertiary/aromatic N) is 1. The zero-order valence-electron chi connectivity index (χ0n) is 19.0. The molecule has 0 aliphatic heterocycles. The Morgan fingerprint density at radius 2 is 1.55 bits per heavy atom. The first-order valence-corrected chi connectivity index (χ1v) is 11.3. The molecule has 6 heteroatoms. The summed E-state index contributed by atoms with van der Waals surface area (Å²) < 4.78 is 5.19. The summed E-state index contributed by atoms with van der Waals surface area (Å²) in [5.41, 5.74) is 3.01. The summed E-state index contributed by atoms with van der Waals surface area (Å²) in [5.74, 6) is 0.470. The van der Waals surface area contributed by atoms with Gasteiger partial charge in [0.2, 0.25) is 11.8 Å². The van der Waals surface area contributed by atoms with Crippen molar-refractivity contribution in [3.63, 3.8) is 0 Å². The van der Waals surface area contributed by atoms with Gasteiger partial charge in [-0.2, -0.15) is 0 Å². The second-order valence-electron chi connectivity index (χ2n) is 7.87. The lowest BCUT2D eigenvalue weighted by Crippen LogP contribution is -2.50. The summed E-state index contributed by atoms with van der Waals surface area (Å²) >= 11 is 6.00. The maximum atomic E-state index is 13.3. The molecule has 0 saturated carbocycles. The van der Waals surface area contributed by atoms with Crippen molar-refractivity contribution in [1.29, 1.82) is 0 Å². The van der Waals surface area contributed by atoms with E-state index in [1.807, 2.05) is 66.7 Å². The molecule has 3 rings (SSSR count). The first-order chi connectivity index (χ1) is 16.0. The monoisotopic (exact) mass is 464 g/mol. The largest absolute Gasteiger partial charge is 0.497 e. The van der Waals surface area contributed by atoms with Crippen LogP contribution in [0.15, 0.2) is 78.9 Å². The molecule has 2 amide bonds. The minimum atomic E-state index is -0.628. The summed E-state index contributed by atoms with van der Waals surface area (Å²) in [6.07, 6.45) is 1.12. The Kier molecular flexibility index (Phi) is 8.90. The summed E-state index contributed by atoms with van der Waals surface area (Å²) in [6, 6.07) is 24.2. The van der Waals surface area contributed by atoms with E-state index in [0.717, 1.165) is 22.4 Å². The summed E-state index contributed by atoms with van der Waals surface area (Å²) in [4.78, 5) is 27.5. The molecule has 0 saturated heterocycles. The molecule has 0 fully saturated rings. The highest BCUT2D eigenvalue weighted by atomic mass is 35.5. The molecule has 1 atom stereocenters. The Labute approximate surface area is 200 Å². The van der Waals surface area contributed by atoms with Gasteiger partial charge < -0.3 is 15.0 Å². The van der Waals surface area contributed by atoms with Crippen LogP contribution in [0.5, 0.6) is 5.75 Å². The van der Waals surface area contributed by atoms with Gasteiger partial charge in [-0.15, -0.1) is 0 Å². The van der Waals surface area contributed by atoms with E-state index < -0.39 is 6.04 Å². The Morgan fingerprint density at radius 3 is 2.15 bits per heavy atom. The lowest BCUT2D eigenvalue weighted by atomic mass is 10.0. The van der Waals surface area contributed by atoms with Crippen LogP contribution in [-0.2, 0) is 29.0 Å². The molecule has 0 spiro atoms. The quantitative estimate of drug-likeness (QED) is 0.474. The van der Waals surface area contributed by atoms with Gasteiger partial charge in [0.1, 0.15) is 11.8 Å². The number of amides is 2. The highest BCUT2D eigenvalue weighted by molar-refractivity contribution is 6.30. The normalized spacial score (nSPS) is 11.5. The van der Waals surface area contributed by atoms with E-state index in [-0.39, 0.29) is 11.8 Å². The van der Waals surface area contributed by atoms with E-state index in [4.69, 9.17) is 16.3 Å². The number of carbonyl (C=O) groups excluding carboxylic acids is 2. The van der Waals surface area contributed by atoms with Crippen molar-refractivity contribution in [3.8, 4) is 5.75 Å². The second kappa shape index (κ2) is 12.1. The number of carbonyl (C=O) groups is 2. The molecular weight excluding hydrogens is 436 g/mol. The molecule has 5 nitrogen and oxygen atoms in total. The third kappa shape index (κ3) is 7.36. The van der Waals surface area contributed by atoms with Crippen LogP contribution in [-0.4, -0.2) is 36.4 Å². The highest BCUT2D eigenvalue weighted by Gasteiger charge is 2.28. The van der Waals surface area contributed by atoms with Crippen LogP contribution in [0.2, 0.25) is 5.02 Å². The molecule has 0 heterocycles. The maximum absolute atomic E-state index is 13.3. The average Bonchev–Trinajstić information content (AvgIpc) is 2.83. The number of ether oxygens (including phenoxy) is 1. The molecule has 3 aromatic rings. The van der Waals surface area contributed by atoms with Gasteiger partial charge in [-0.1, -0.05) is 66.2 Å². The second-order valence-corrected chi connectivity index (χ2v) is 8.30. The number of hydrogen-bond acceptors (Lipinski definition) is 3. The van der Waals surface area contributed by atoms with Crippen molar-refractivity contribution in [1.82, 2.24) is 10.2 Å². The summed E-state index contributed by atoms with van der Waals surface area (Å²) in [5, 5.41) is 3.65. The van der Waals surface area contributed by atoms with Gasteiger partial charge in [0.25, 0.3) is 0 Å². The third-order valence-corrected chi connectivity index (χ3v) is 5.75. The number of hydrogen-bond donors (Lipinski definition) is 1. The topological polar surface area (TPSA) is 58.6 Å². The Bertz CT molecular complexity index is 1040. The third-order valence-electron chi connectivity index (χ3n) is 5.49. The van der Waals surface area contributed by atoms with E-state index in [1.54, 1.807) is 24.1 Å². The van der Waals surface area contributed by atoms with Crippen molar-refractivity contribution < 1.29 is 14.3 Å². The number of halogens is 1. The highest BCUT2D eigenvalue weighted by Crippen LogP contribution is 2.17. The first-order valence-electron chi connectivity index (χ1n) is 10.9. The standard InChI is InChI=1S/C27H29ClN2O3/c1-20(31)30(19-23-8-12-24(28)13-9-23)26(18-22-6-4-3-5-7-22)27(32)29-17-16-21-10-14-25(33-2)15-11-21/h3-15,26H,16-19H2,1-2H3,(H,29,32)/t26-/m0/s1. The number of nitrogens with one attached hydrogen (secondary N) is 1. The SMILES string of the molecule is COc1ccc(CCNC(=O)[C@H](Cc2ccccc2)N(Cc2ccc(Cl)cc2)C(C)=O)cc1. The molecule has 3 aromatic carbocycles. The van der Waals surface area contributed by atoms with Gasteiger partial charge in [-0.05, 0) is 47.4 Å². The van der Waals surface area contributed by atoms with E-state index in [1.165, 1.54) is 6.92 Å². The van der Waals surface area contributed by atoms with Crippen molar-refractivity contribution in [2.24, 2.45) is 0 Å². The molecule has 0 radical (unpaired) electrons. The lowest BCUT2D eigenvalue weighted by Gasteiger charge is -2.30. The number of benzene rings is 3. The smallest absolute Gasteiger partial charge is 0.243 e. The average molecular weight is 465 g/mol. The van der Waals surface area contributed by atoms with Gasteiger partial charge in [-0.3, -0.25) is 9.59 Å². The van der Waals surface area contributed by atoms with E-state index in [0.29, 0.717) is 31.0 Å². The minimum absolute atomic E-state index is 0.156. The van der Waals surface area contributed by atoms with E-state index in [2.05, 4.69) is 5.32 Å². The predicted octanol–water partition coefficient (Wildman–Crippen LogP) is 4.67. The fraction of sp³-hybridized carbons (Fsp3) is 0.259. The van der Waals surface area contributed by atoms with Crippen molar-refractivity contribution >= 4 is 23.4 Å². The van der Waals surface area contributed by atoms with Gasteiger partial charge in [0.15, 0.2) is 0 Å². The van der Waals surface area contributed by atoms with Crippen molar-refractivity contribution in [2.75, 3.05) is 13.7 Å². The van der Waals surface area contributed by atoms with Gasteiger partial charge >= 0.3 is 0 Å². The zero-order chi connectivity index (χ0) is 23.6. The van der Waals surface area contributed by atoms with Gasteiger partial charge in [-0.25, -0.2) is 0 Å². The zero-order valence-corrected chi connectivity index (χ0v) is 19.7. The molecule has 172 valence electrons. The molecular formula is C27H29ClN2O3. The molecule has 0 aliphatic rings. The van der Waals surface area contributed by atoms with E-state index in [9.17, 15) is 9.59 Å². The molecule has 0 bridgehead atoms.